The van der Waals surface area contributed by atoms with E-state index in [9.17, 15) is 18.0 Å². The second kappa shape index (κ2) is 15.4. The van der Waals surface area contributed by atoms with Crippen LogP contribution in [0.2, 0.25) is 10.0 Å². The van der Waals surface area contributed by atoms with Crippen molar-refractivity contribution in [2.75, 3.05) is 17.4 Å². The van der Waals surface area contributed by atoms with Crippen molar-refractivity contribution in [3.05, 3.63) is 130 Å². The Balaban J connectivity index is 1.82. The van der Waals surface area contributed by atoms with Gasteiger partial charge < -0.3 is 10.2 Å². The van der Waals surface area contributed by atoms with Gasteiger partial charge in [-0.1, -0.05) is 110 Å². The van der Waals surface area contributed by atoms with E-state index < -0.39 is 28.5 Å². The van der Waals surface area contributed by atoms with Crippen molar-refractivity contribution in [2.24, 2.45) is 5.92 Å². The van der Waals surface area contributed by atoms with Crippen molar-refractivity contribution in [2.45, 2.75) is 44.7 Å². The first-order valence-electron chi connectivity index (χ1n) is 14.7. The Morgan fingerprint density at radius 2 is 1.47 bits per heavy atom. The molecular formula is C35H37Cl2N3O4S. The number of carbonyl (C=O) groups excluding carboxylic acids is 2. The SMILES string of the molecule is Cc1ccccc1CN(C(=O)CN(c1ccc(Cl)cc1Cl)S(=O)(=O)c1ccccc1)[C@@H](Cc1ccccc1)C(=O)NCC(C)C. The third-order valence-corrected chi connectivity index (χ3v) is 9.66. The summed E-state index contributed by atoms with van der Waals surface area (Å²) in [7, 11) is -4.27. The van der Waals surface area contributed by atoms with Crippen molar-refractivity contribution in [3.8, 4) is 0 Å². The molecule has 0 fully saturated rings. The summed E-state index contributed by atoms with van der Waals surface area (Å²) in [5.41, 5.74) is 2.73. The third kappa shape index (κ3) is 8.87. The maximum absolute atomic E-state index is 14.5. The summed E-state index contributed by atoms with van der Waals surface area (Å²) < 4.78 is 29.2. The molecular weight excluding hydrogens is 629 g/mol. The molecule has 4 aromatic rings. The Kier molecular flexibility index (Phi) is 11.7. The molecule has 4 aromatic carbocycles. The molecule has 10 heteroatoms. The van der Waals surface area contributed by atoms with Gasteiger partial charge in [0, 0.05) is 24.5 Å². The minimum atomic E-state index is -4.27. The first-order chi connectivity index (χ1) is 21.5. The molecule has 236 valence electrons. The molecule has 0 aromatic heterocycles. The average Bonchev–Trinajstić information content (AvgIpc) is 3.02. The fraction of sp³-hybridized carbons (Fsp3) is 0.257. The number of rotatable bonds is 13. The molecule has 4 rings (SSSR count). The number of sulfonamides is 1. The molecule has 1 atom stereocenters. The van der Waals surface area contributed by atoms with Crippen LogP contribution in [0.15, 0.2) is 108 Å². The molecule has 0 aliphatic heterocycles. The van der Waals surface area contributed by atoms with E-state index in [0.717, 1.165) is 21.0 Å². The fourth-order valence-electron chi connectivity index (χ4n) is 4.86. The molecule has 7 nitrogen and oxygen atoms in total. The van der Waals surface area contributed by atoms with E-state index in [-0.39, 0.29) is 40.4 Å². The molecule has 2 amide bonds. The zero-order chi connectivity index (χ0) is 32.6. The first-order valence-corrected chi connectivity index (χ1v) is 16.9. The van der Waals surface area contributed by atoms with Gasteiger partial charge in [-0.25, -0.2) is 8.42 Å². The van der Waals surface area contributed by atoms with Gasteiger partial charge in [-0.15, -0.1) is 0 Å². The van der Waals surface area contributed by atoms with Gasteiger partial charge in [-0.3, -0.25) is 13.9 Å². The predicted octanol–water partition coefficient (Wildman–Crippen LogP) is 6.91. The summed E-state index contributed by atoms with van der Waals surface area (Å²) in [5, 5.41) is 3.38. The summed E-state index contributed by atoms with van der Waals surface area (Å²) in [6, 6.07) is 28.4. The summed E-state index contributed by atoms with van der Waals surface area (Å²) >= 11 is 12.7. The minimum Gasteiger partial charge on any atom is -0.354 e. The Bertz CT molecular complexity index is 1720. The van der Waals surface area contributed by atoms with Crippen molar-refractivity contribution in [3.63, 3.8) is 0 Å². The number of amides is 2. The smallest absolute Gasteiger partial charge is 0.264 e. The van der Waals surface area contributed by atoms with Crippen LogP contribution in [0.4, 0.5) is 5.69 Å². The molecule has 0 aliphatic carbocycles. The van der Waals surface area contributed by atoms with Gasteiger partial charge >= 0.3 is 0 Å². The van der Waals surface area contributed by atoms with Crippen LogP contribution in [-0.4, -0.2) is 44.3 Å². The molecule has 0 bridgehead atoms. The lowest BCUT2D eigenvalue weighted by Gasteiger charge is -2.34. The molecule has 1 N–H and O–H groups in total. The maximum Gasteiger partial charge on any atom is 0.264 e. The van der Waals surface area contributed by atoms with E-state index in [4.69, 9.17) is 23.2 Å². The van der Waals surface area contributed by atoms with Crippen LogP contribution >= 0.6 is 23.2 Å². The van der Waals surface area contributed by atoms with E-state index in [2.05, 4.69) is 5.32 Å². The van der Waals surface area contributed by atoms with Crippen molar-refractivity contribution in [1.82, 2.24) is 10.2 Å². The molecule has 0 saturated heterocycles. The quantitative estimate of drug-likeness (QED) is 0.168. The normalized spacial score (nSPS) is 12.0. The Labute approximate surface area is 275 Å². The Morgan fingerprint density at radius 3 is 2.09 bits per heavy atom. The van der Waals surface area contributed by atoms with E-state index in [1.54, 1.807) is 18.2 Å². The van der Waals surface area contributed by atoms with E-state index in [1.807, 2.05) is 75.4 Å². The van der Waals surface area contributed by atoms with Gasteiger partial charge in [-0.2, -0.15) is 0 Å². The second-order valence-electron chi connectivity index (χ2n) is 11.2. The number of nitrogens with one attached hydrogen (secondary N) is 1. The largest absolute Gasteiger partial charge is 0.354 e. The maximum atomic E-state index is 14.5. The molecule has 0 saturated carbocycles. The van der Waals surface area contributed by atoms with Crippen molar-refractivity contribution < 1.29 is 18.0 Å². The van der Waals surface area contributed by atoms with E-state index >= 15 is 0 Å². The lowest BCUT2D eigenvalue weighted by atomic mass is 10.0. The van der Waals surface area contributed by atoms with Gasteiger partial charge in [0.2, 0.25) is 11.8 Å². The predicted molar refractivity (Wildman–Crippen MR) is 181 cm³/mol. The zero-order valence-corrected chi connectivity index (χ0v) is 27.8. The molecule has 0 unspecified atom stereocenters. The highest BCUT2D eigenvalue weighted by Crippen LogP contribution is 2.33. The van der Waals surface area contributed by atoms with Crippen LogP contribution in [0.1, 0.15) is 30.5 Å². The number of hydrogen-bond acceptors (Lipinski definition) is 4. The van der Waals surface area contributed by atoms with Crippen LogP contribution in [0.25, 0.3) is 0 Å². The van der Waals surface area contributed by atoms with Crippen LogP contribution in [0.5, 0.6) is 0 Å². The van der Waals surface area contributed by atoms with Gasteiger partial charge in [-0.05, 0) is 59.9 Å². The minimum absolute atomic E-state index is 0.00946. The van der Waals surface area contributed by atoms with Crippen LogP contribution < -0.4 is 9.62 Å². The van der Waals surface area contributed by atoms with Gasteiger partial charge in [0.1, 0.15) is 12.6 Å². The summed E-state index contributed by atoms with van der Waals surface area (Å²) in [5.74, 6) is -0.703. The first kappa shape index (κ1) is 34.0. The number of aryl methyl sites for hydroxylation is 1. The molecule has 0 radical (unpaired) electrons. The topological polar surface area (TPSA) is 86.8 Å². The Hall–Kier alpha value is -3.85. The van der Waals surface area contributed by atoms with E-state index in [0.29, 0.717) is 11.6 Å². The highest BCUT2D eigenvalue weighted by Gasteiger charge is 2.35. The standard InChI is InChI=1S/C35H37Cl2N3O4S/c1-25(2)22-38-35(42)33(20-27-13-6-4-7-14-27)39(23-28-15-11-10-12-26(28)3)34(41)24-40(32-19-18-29(36)21-31(32)37)45(43,44)30-16-8-5-9-17-30/h4-19,21,25,33H,20,22-24H2,1-3H3,(H,38,42)/t33-/m0/s1. The monoisotopic (exact) mass is 665 g/mol. The number of benzene rings is 4. The lowest BCUT2D eigenvalue weighted by Crippen LogP contribution is -2.53. The number of hydrogen-bond donors (Lipinski definition) is 1. The van der Waals surface area contributed by atoms with E-state index in [1.165, 1.54) is 35.2 Å². The zero-order valence-electron chi connectivity index (χ0n) is 25.5. The van der Waals surface area contributed by atoms with Crippen molar-refractivity contribution >= 4 is 50.7 Å². The summed E-state index contributed by atoms with van der Waals surface area (Å²) in [6.07, 6.45) is 0.232. The summed E-state index contributed by atoms with van der Waals surface area (Å²) in [6.45, 7) is 5.82. The molecule has 45 heavy (non-hydrogen) atoms. The van der Waals surface area contributed by atoms with Gasteiger partial charge in [0.15, 0.2) is 0 Å². The third-order valence-electron chi connectivity index (χ3n) is 7.35. The lowest BCUT2D eigenvalue weighted by molar-refractivity contribution is -0.140. The van der Waals surface area contributed by atoms with Crippen LogP contribution in [0, 0.1) is 12.8 Å². The molecule has 0 aliphatic rings. The van der Waals surface area contributed by atoms with Crippen molar-refractivity contribution in [1.29, 1.82) is 0 Å². The number of anilines is 1. The number of halogens is 2. The molecule has 0 heterocycles. The van der Waals surface area contributed by atoms with Crippen LogP contribution in [-0.2, 0) is 32.6 Å². The number of nitrogens with zero attached hydrogens (tertiary/aromatic N) is 2. The Morgan fingerprint density at radius 1 is 0.844 bits per heavy atom. The van der Waals surface area contributed by atoms with Gasteiger partial charge in [0.05, 0.1) is 15.6 Å². The van der Waals surface area contributed by atoms with Crippen LogP contribution in [0.3, 0.4) is 0 Å². The number of carbonyl (C=O) groups is 2. The van der Waals surface area contributed by atoms with Gasteiger partial charge in [0.25, 0.3) is 10.0 Å². The summed E-state index contributed by atoms with van der Waals surface area (Å²) in [4.78, 5) is 29.9. The fourth-order valence-corrected chi connectivity index (χ4v) is 6.88. The highest BCUT2D eigenvalue weighted by atomic mass is 35.5. The molecule has 0 spiro atoms. The average molecular weight is 667 g/mol. The highest BCUT2D eigenvalue weighted by molar-refractivity contribution is 7.92. The second-order valence-corrected chi connectivity index (χ2v) is 13.9.